The van der Waals surface area contributed by atoms with E-state index in [-0.39, 0.29) is 5.75 Å². The number of hydrogen-bond acceptors (Lipinski definition) is 4. The van der Waals surface area contributed by atoms with Crippen molar-refractivity contribution >= 4 is 32.5 Å². The van der Waals surface area contributed by atoms with E-state index in [1.54, 1.807) is 12.3 Å². The first-order valence-electron chi connectivity index (χ1n) is 6.80. The Labute approximate surface area is 139 Å². The highest BCUT2D eigenvalue weighted by Crippen LogP contribution is 2.25. The minimum Gasteiger partial charge on any atom is -0.433 e. The number of ether oxygens (including phenoxy) is 1. The van der Waals surface area contributed by atoms with Crippen molar-refractivity contribution in [1.82, 2.24) is 9.97 Å². The van der Waals surface area contributed by atoms with E-state index in [1.807, 2.05) is 24.3 Å². The molecule has 0 spiro atoms. The predicted molar refractivity (Wildman–Crippen MR) is 87.6 cm³/mol. The second-order valence-corrected chi connectivity index (χ2v) is 5.65. The Kier molecular flexibility index (Phi) is 4.66. The molecule has 0 amide bonds. The van der Waals surface area contributed by atoms with E-state index in [2.05, 4.69) is 36.0 Å². The Hall–Kier alpha value is -2.28. The maximum Gasteiger partial charge on any atom is 0.387 e. The molecule has 3 aromatic rings. The van der Waals surface area contributed by atoms with Gasteiger partial charge in [0.25, 0.3) is 0 Å². The number of alkyl halides is 2. The van der Waals surface area contributed by atoms with E-state index < -0.39 is 6.61 Å². The van der Waals surface area contributed by atoms with E-state index in [0.717, 1.165) is 21.1 Å². The maximum absolute atomic E-state index is 12.1. The number of anilines is 1. The average molecular weight is 380 g/mol. The summed E-state index contributed by atoms with van der Waals surface area (Å²) in [4.78, 5) is 8.42. The van der Waals surface area contributed by atoms with Gasteiger partial charge in [-0.05, 0) is 36.4 Å². The molecule has 118 valence electrons. The van der Waals surface area contributed by atoms with Crippen LogP contribution < -0.4 is 10.1 Å². The lowest BCUT2D eigenvalue weighted by Gasteiger charge is -2.10. The third kappa shape index (κ3) is 3.92. The summed E-state index contributed by atoms with van der Waals surface area (Å²) < 4.78 is 29.4. The van der Waals surface area contributed by atoms with Crippen LogP contribution in [-0.4, -0.2) is 16.6 Å². The smallest absolute Gasteiger partial charge is 0.387 e. The van der Waals surface area contributed by atoms with Crippen molar-refractivity contribution in [2.24, 2.45) is 0 Å². The van der Waals surface area contributed by atoms with Crippen molar-refractivity contribution in [2.45, 2.75) is 13.2 Å². The number of halogens is 3. The standard InChI is InChI=1S/C16H12BrF2N3O/c17-10-1-4-13-14(5-6-20-15(13)7-10)22-8-11-2-3-12(9-21-11)23-16(18)19/h1-7,9,16H,8H2,(H,20,22). The van der Waals surface area contributed by atoms with Gasteiger partial charge in [-0.1, -0.05) is 15.9 Å². The van der Waals surface area contributed by atoms with Gasteiger partial charge in [0.05, 0.1) is 24.0 Å². The van der Waals surface area contributed by atoms with Crippen LogP contribution in [0, 0.1) is 0 Å². The molecule has 7 heteroatoms. The number of pyridine rings is 2. The van der Waals surface area contributed by atoms with E-state index in [0.29, 0.717) is 12.2 Å². The summed E-state index contributed by atoms with van der Waals surface area (Å²) in [6, 6.07) is 10.9. The molecule has 0 saturated heterocycles. The van der Waals surface area contributed by atoms with Gasteiger partial charge >= 0.3 is 6.61 Å². The van der Waals surface area contributed by atoms with Crippen LogP contribution in [0.25, 0.3) is 10.9 Å². The van der Waals surface area contributed by atoms with Crippen LogP contribution in [0.4, 0.5) is 14.5 Å². The Morgan fingerprint density at radius 1 is 1.13 bits per heavy atom. The molecule has 0 saturated carbocycles. The lowest BCUT2D eigenvalue weighted by molar-refractivity contribution is -0.0500. The third-order valence-corrected chi connectivity index (χ3v) is 3.68. The van der Waals surface area contributed by atoms with Crippen molar-refractivity contribution in [2.75, 3.05) is 5.32 Å². The maximum atomic E-state index is 12.1. The summed E-state index contributed by atoms with van der Waals surface area (Å²) in [5.41, 5.74) is 2.52. The predicted octanol–water partition coefficient (Wildman–Crippen LogP) is 4.61. The Balaban J connectivity index is 1.73. The van der Waals surface area contributed by atoms with Crippen LogP contribution in [0.2, 0.25) is 0 Å². The Morgan fingerprint density at radius 2 is 2.00 bits per heavy atom. The lowest BCUT2D eigenvalue weighted by atomic mass is 10.2. The molecule has 2 heterocycles. The van der Waals surface area contributed by atoms with Crippen molar-refractivity contribution < 1.29 is 13.5 Å². The average Bonchev–Trinajstić information content (AvgIpc) is 2.53. The van der Waals surface area contributed by atoms with Gasteiger partial charge in [-0.25, -0.2) is 0 Å². The molecule has 1 N–H and O–H groups in total. The van der Waals surface area contributed by atoms with Gasteiger partial charge in [0.2, 0.25) is 0 Å². The van der Waals surface area contributed by atoms with E-state index >= 15 is 0 Å². The topological polar surface area (TPSA) is 47.0 Å². The number of nitrogens with one attached hydrogen (secondary N) is 1. The zero-order valence-electron chi connectivity index (χ0n) is 11.8. The van der Waals surface area contributed by atoms with Gasteiger partial charge in [0.15, 0.2) is 0 Å². The normalized spacial score (nSPS) is 11.0. The SMILES string of the molecule is FC(F)Oc1ccc(CNc2ccnc3cc(Br)ccc23)nc1. The zero-order valence-corrected chi connectivity index (χ0v) is 13.4. The molecule has 3 rings (SSSR count). The fourth-order valence-corrected chi connectivity index (χ4v) is 2.50. The summed E-state index contributed by atoms with van der Waals surface area (Å²) in [7, 11) is 0. The van der Waals surface area contributed by atoms with Crippen molar-refractivity contribution in [3.05, 3.63) is 59.0 Å². The highest BCUT2D eigenvalue weighted by Gasteiger charge is 2.06. The molecule has 0 fully saturated rings. The Bertz CT molecular complexity index is 812. The first kappa shape index (κ1) is 15.6. The van der Waals surface area contributed by atoms with Crippen LogP contribution in [-0.2, 0) is 6.54 Å². The summed E-state index contributed by atoms with van der Waals surface area (Å²) >= 11 is 3.42. The van der Waals surface area contributed by atoms with Gasteiger partial charge in [-0.2, -0.15) is 8.78 Å². The molecular weight excluding hydrogens is 368 g/mol. The summed E-state index contributed by atoms with van der Waals surface area (Å²) in [6.07, 6.45) is 3.01. The van der Waals surface area contributed by atoms with E-state index in [1.165, 1.54) is 12.3 Å². The molecule has 2 aromatic heterocycles. The van der Waals surface area contributed by atoms with Crippen LogP contribution in [0.5, 0.6) is 5.75 Å². The third-order valence-electron chi connectivity index (χ3n) is 3.19. The number of nitrogens with zero attached hydrogens (tertiary/aromatic N) is 2. The first-order valence-corrected chi connectivity index (χ1v) is 7.59. The quantitative estimate of drug-likeness (QED) is 0.703. The molecule has 0 aliphatic rings. The van der Waals surface area contributed by atoms with E-state index in [4.69, 9.17) is 0 Å². The van der Waals surface area contributed by atoms with Crippen LogP contribution in [0.3, 0.4) is 0 Å². The number of aromatic nitrogens is 2. The highest BCUT2D eigenvalue weighted by atomic mass is 79.9. The summed E-state index contributed by atoms with van der Waals surface area (Å²) in [6.45, 7) is -2.38. The van der Waals surface area contributed by atoms with Crippen LogP contribution >= 0.6 is 15.9 Å². The number of fused-ring (bicyclic) bond motifs is 1. The number of benzene rings is 1. The molecule has 1 aromatic carbocycles. The molecule has 0 unspecified atom stereocenters. The fourth-order valence-electron chi connectivity index (χ4n) is 2.15. The summed E-state index contributed by atoms with van der Waals surface area (Å²) in [5, 5.41) is 4.27. The summed E-state index contributed by atoms with van der Waals surface area (Å²) in [5.74, 6) is 0.0444. The molecule has 0 radical (unpaired) electrons. The number of hydrogen-bond donors (Lipinski definition) is 1. The zero-order chi connectivity index (χ0) is 16.2. The first-order chi connectivity index (χ1) is 11.1. The minimum absolute atomic E-state index is 0.0444. The van der Waals surface area contributed by atoms with Crippen LogP contribution in [0.1, 0.15) is 5.69 Å². The molecule has 0 aliphatic carbocycles. The second-order valence-electron chi connectivity index (χ2n) is 4.74. The fraction of sp³-hybridized carbons (Fsp3) is 0.125. The largest absolute Gasteiger partial charge is 0.433 e. The van der Waals surface area contributed by atoms with Crippen molar-refractivity contribution in [3.8, 4) is 5.75 Å². The Morgan fingerprint density at radius 3 is 2.74 bits per heavy atom. The molecule has 0 aliphatic heterocycles. The lowest BCUT2D eigenvalue weighted by Crippen LogP contribution is -2.05. The van der Waals surface area contributed by atoms with E-state index in [9.17, 15) is 8.78 Å². The highest BCUT2D eigenvalue weighted by molar-refractivity contribution is 9.10. The molecule has 23 heavy (non-hydrogen) atoms. The van der Waals surface area contributed by atoms with Gasteiger partial charge in [0, 0.05) is 21.7 Å². The van der Waals surface area contributed by atoms with Gasteiger partial charge in [-0.3, -0.25) is 9.97 Å². The second kappa shape index (κ2) is 6.87. The molecule has 0 atom stereocenters. The van der Waals surface area contributed by atoms with Gasteiger partial charge < -0.3 is 10.1 Å². The molecule has 0 bridgehead atoms. The molecular formula is C16H12BrF2N3O. The van der Waals surface area contributed by atoms with Crippen molar-refractivity contribution in [1.29, 1.82) is 0 Å². The minimum atomic E-state index is -2.84. The van der Waals surface area contributed by atoms with Gasteiger partial charge in [-0.15, -0.1) is 0 Å². The molecule has 4 nitrogen and oxygen atoms in total. The van der Waals surface area contributed by atoms with Crippen LogP contribution in [0.15, 0.2) is 53.3 Å². The number of rotatable bonds is 5. The monoisotopic (exact) mass is 379 g/mol. The van der Waals surface area contributed by atoms with Gasteiger partial charge in [0.1, 0.15) is 5.75 Å². The van der Waals surface area contributed by atoms with Crippen molar-refractivity contribution in [3.63, 3.8) is 0 Å².